The molecule has 0 atom stereocenters. The van der Waals surface area contributed by atoms with Gasteiger partial charge in [0.1, 0.15) is 5.76 Å². The zero-order valence-corrected chi connectivity index (χ0v) is 89.3. The summed E-state index contributed by atoms with van der Waals surface area (Å²) < 4.78 is 80.8. The minimum atomic E-state index is -3.20. The highest BCUT2D eigenvalue weighted by molar-refractivity contribution is 6.36. The van der Waals surface area contributed by atoms with Crippen molar-refractivity contribution in [2.75, 3.05) is 39.6 Å². The summed E-state index contributed by atoms with van der Waals surface area (Å²) in [5, 5.41) is 0. The van der Waals surface area contributed by atoms with Crippen LogP contribution in [0.3, 0.4) is 0 Å². The van der Waals surface area contributed by atoms with Gasteiger partial charge in [-0.05, 0) is 87.1 Å². The van der Waals surface area contributed by atoms with Crippen LogP contribution in [0.25, 0.3) is 28.3 Å². The highest BCUT2D eigenvalue weighted by Gasteiger charge is 2.27. The third kappa shape index (κ3) is 62.9. The Morgan fingerprint density at radius 1 is 0.239 bits per heavy atom. The fraction of sp³-hybridized carbons (Fsp3) is 0.810. The minimum absolute atomic E-state index is 0.225. The number of benzene rings is 2. The molecule has 0 aliphatic heterocycles. The van der Waals surface area contributed by atoms with Gasteiger partial charge < -0.3 is 42.2 Å². The van der Waals surface area contributed by atoms with E-state index in [9.17, 15) is 0 Å². The Hall–Kier alpha value is -5.07. The molecule has 10 nitrogen and oxygen atoms in total. The number of hydrogen-bond acceptors (Lipinski definition) is 8. The van der Waals surface area contributed by atoms with Crippen molar-refractivity contribution in [2.45, 2.75) is 581 Å². The molecule has 2 aromatic carbocycles. The zero-order chi connectivity index (χ0) is 95.8. The van der Waals surface area contributed by atoms with E-state index >= 15 is 13.4 Å². The lowest BCUT2D eigenvalue weighted by Crippen LogP contribution is -2.11. The van der Waals surface area contributed by atoms with Crippen molar-refractivity contribution < 1.29 is 46.5 Å². The Labute approximate surface area is 827 Å². The van der Waals surface area contributed by atoms with Gasteiger partial charge in [0.25, 0.3) is 0 Å². The third-order valence-corrected chi connectivity index (χ3v) is 28.4. The Morgan fingerprint density at radius 2 is 0.403 bits per heavy atom. The standard InChI is InChI=1S/C121H213BF2N2O8/c1-9-15-21-27-33-39-45-51-57-63-69-75-81-87-97-128-116-103-108(104-117(129-98-88-82-76-70-64-58-52-46-40-34-28-22-16-10-2)120(116)132-101-91-85-79-73-67-61-55-49-43-37-31-25-19-13-5)110-93-95-112(125(110)7)114(127)107-115(134-122(123)124)113-96-94-111(126(113)8)109-105-118(130-99-89-83-77-71-65-59-53-47-41-35-29-23-17-11-3)121(133-102-92-86-80-74-68-62-56-50-44-38-32-26-20-14-6)119(106-109)131-100-90-84-78-72-66-60-54-48-42-36-30-24-18-12-4/h93-96,103-107H,9-92,97-102H2,1-8H3/b115-107-. The number of carbonyl (C=O) groups excluding carboxylic acids is 1. The van der Waals surface area contributed by atoms with E-state index in [2.05, 4.69) is 53.7 Å². The number of nitrogens with zero attached hydrogens (tertiary/aromatic N) is 2. The average molecular weight is 1870 g/mol. The first-order valence-corrected chi connectivity index (χ1v) is 58.8. The first kappa shape index (κ1) is 121. The van der Waals surface area contributed by atoms with Crippen molar-refractivity contribution in [3.8, 4) is 57.0 Å². The van der Waals surface area contributed by atoms with Gasteiger partial charge in [-0.3, -0.25) is 4.79 Å². The summed E-state index contributed by atoms with van der Waals surface area (Å²) in [5.41, 5.74) is 3.76. The van der Waals surface area contributed by atoms with Crippen LogP contribution in [0.15, 0.2) is 54.6 Å². The van der Waals surface area contributed by atoms with E-state index < -0.39 is 13.3 Å². The Morgan fingerprint density at radius 3 is 0.590 bits per heavy atom. The van der Waals surface area contributed by atoms with Crippen LogP contribution in [0.5, 0.6) is 34.5 Å². The summed E-state index contributed by atoms with van der Waals surface area (Å²) in [7, 11) is 0.535. The van der Waals surface area contributed by atoms with Gasteiger partial charge in [-0.2, -0.15) is 0 Å². The quantitative estimate of drug-likeness (QED) is 0.0142. The van der Waals surface area contributed by atoms with E-state index in [0.717, 1.165) is 99.6 Å². The molecule has 0 amide bonds. The van der Waals surface area contributed by atoms with Gasteiger partial charge in [-0.1, -0.05) is 542 Å². The molecule has 2 aromatic heterocycles. The molecule has 0 saturated heterocycles. The number of allylic oxidation sites excluding steroid dienone is 1. The average Bonchev–Trinajstić information content (AvgIpc) is 1.59. The predicted octanol–water partition coefficient (Wildman–Crippen LogP) is 41.0. The molecule has 134 heavy (non-hydrogen) atoms. The number of ketones is 1. The molecule has 13 heteroatoms. The van der Waals surface area contributed by atoms with Crippen LogP contribution < -0.4 is 28.4 Å². The molecular formula is C121H213BF2N2O8. The van der Waals surface area contributed by atoms with Crippen molar-refractivity contribution >= 4 is 19.0 Å². The topological polar surface area (TPSA) is 91.5 Å². The fourth-order valence-electron chi connectivity index (χ4n) is 19.6. The molecule has 0 saturated carbocycles. The van der Waals surface area contributed by atoms with Crippen LogP contribution in [0.1, 0.15) is 597 Å². The van der Waals surface area contributed by atoms with Gasteiger partial charge in [-0.15, -0.1) is 0 Å². The maximum atomic E-state index is 15.1. The summed E-state index contributed by atoms with van der Waals surface area (Å²) in [5.74, 6) is 3.15. The van der Waals surface area contributed by atoms with Crippen LogP contribution in [-0.2, 0) is 18.7 Å². The molecule has 4 aromatic rings. The van der Waals surface area contributed by atoms with Gasteiger partial charge in [0.2, 0.25) is 17.3 Å². The molecule has 772 valence electrons. The van der Waals surface area contributed by atoms with Gasteiger partial charge in [0.05, 0.1) is 51.0 Å². The summed E-state index contributed by atoms with van der Waals surface area (Å²) in [4.78, 5) is 15.1. The molecule has 0 spiro atoms. The number of unbranched alkanes of at least 4 members (excludes halogenated alkanes) is 78. The first-order chi connectivity index (χ1) is 66.1. The van der Waals surface area contributed by atoms with Crippen LogP contribution in [0.2, 0.25) is 0 Å². The second kappa shape index (κ2) is 89.3. The maximum Gasteiger partial charge on any atom is 0.796 e. The smallest absolute Gasteiger partial charge is 0.503 e. The number of carbonyl (C=O) groups is 1. The van der Waals surface area contributed by atoms with Crippen molar-refractivity contribution in [3.05, 3.63) is 66.0 Å². The molecule has 0 aliphatic carbocycles. The van der Waals surface area contributed by atoms with Crippen LogP contribution in [0, 0.1) is 0 Å². The van der Waals surface area contributed by atoms with Gasteiger partial charge in [0, 0.05) is 42.7 Å². The summed E-state index contributed by atoms with van der Waals surface area (Å²) in [6.07, 6.45) is 109. The number of halogens is 2. The predicted molar refractivity (Wildman–Crippen MR) is 578 cm³/mol. The van der Waals surface area contributed by atoms with E-state index in [0.29, 0.717) is 85.5 Å². The van der Waals surface area contributed by atoms with Crippen molar-refractivity contribution in [1.29, 1.82) is 0 Å². The molecule has 0 bridgehead atoms. The number of rotatable bonds is 103. The molecule has 0 unspecified atom stereocenters. The lowest BCUT2D eigenvalue weighted by molar-refractivity contribution is 0.103. The zero-order valence-electron chi connectivity index (χ0n) is 89.3. The normalized spacial score (nSPS) is 11.7. The van der Waals surface area contributed by atoms with Crippen LogP contribution in [0.4, 0.5) is 8.63 Å². The minimum Gasteiger partial charge on any atom is -0.503 e. The number of ether oxygens (including phenoxy) is 6. The van der Waals surface area contributed by atoms with Crippen molar-refractivity contribution in [3.63, 3.8) is 0 Å². The SMILES string of the molecule is CCCCCCCCCCCCCCCCOc1cc(-c2ccc(C(=O)/C=C(\OB(F)F)c3ccc(-c4cc(OCCCCCCCCCCCCCCCC)c(OCCCCCCCCCCCCCCCC)c(OCCCCCCCCCCCCCCCC)c4)n3C)n2C)cc(OCCCCCCCCCCCCCCCC)c1OCCCCCCCCCCCCCCCC. The highest BCUT2D eigenvalue weighted by Crippen LogP contribution is 2.46. The molecule has 0 fully saturated rings. The highest BCUT2D eigenvalue weighted by atomic mass is 19.2. The van der Waals surface area contributed by atoms with Crippen molar-refractivity contribution in [2.24, 2.45) is 14.1 Å². The Balaban J connectivity index is 1.68. The third-order valence-electron chi connectivity index (χ3n) is 28.4. The largest absolute Gasteiger partial charge is 0.796 e. The van der Waals surface area contributed by atoms with Gasteiger partial charge in [0.15, 0.2) is 23.0 Å². The van der Waals surface area contributed by atoms with Crippen LogP contribution >= 0.6 is 0 Å². The second-order valence-corrected chi connectivity index (χ2v) is 40.8. The van der Waals surface area contributed by atoms with Crippen molar-refractivity contribution in [1.82, 2.24) is 9.13 Å². The summed E-state index contributed by atoms with van der Waals surface area (Å²) in [6, 6.07) is 15.7. The molecule has 0 aliphatic rings. The maximum absolute atomic E-state index is 15.1. The molecular weight excluding hydrogens is 1660 g/mol. The summed E-state index contributed by atoms with van der Waals surface area (Å²) >= 11 is 0. The lowest BCUT2D eigenvalue weighted by atomic mass is 10.0. The Bertz CT molecular complexity index is 3200. The number of aromatic nitrogens is 2. The first-order valence-electron chi connectivity index (χ1n) is 58.8. The van der Waals surface area contributed by atoms with E-state index in [4.69, 9.17) is 33.1 Å². The fourth-order valence-corrected chi connectivity index (χ4v) is 19.6. The monoisotopic (exact) mass is 1870 g/mol. The molecule has 4 rings (SSSR count). The lowest BCUT2D eigenvalue weighted by Gasteiger charge is -2.20. The number of hydrogen-bond donors (Lipinski definition) is 0. The molecule has 0 radical (unpaired) electrons. The summed E-state index contributed by atoms with van der Waals surface area (Å²) in [6.45, 7) is 17.0. The van der Waals surface area contributed by atoms with E-state index in [1.807, 2.05) is 47.5 Å². The molecule has 2 heterocycles. The molecule has 0 N–H and O–H groups in total. The van der Waals surface area contributed by atoms with E-state index in [1.165, 1.54) is 468 Å². The second-order valence-electron chi connectivity index (χ2n) is 40.8. The van der Waals surface area contributed by atoms with E-state index in [-0.39, 0.29) is 5.76 Å². The van der Waals surface area contributed by atoms with Gasteiger partial charge >= 0.3 is 7.47 Å². The van der Waals surface area contributed by atoms with Crippen LogP contribution in [-0.4, -0.2) is 62.0 Å². The Kier molecular flexibility index (Phi) is 80.8. The van der Waals surface area contributed by atoms with Gasteiger partial charge in [-0.25, -0.2) is 8.63 Å². The van der Waals surface area contributed by atoms with E-state index in [1.54, 1.807) is 12.1 Å².